The Labute approximate surface area is 108 Å². The lowest BCUT2D eigenvalue weighted by molar-refractivity contribution is 0.752. The summed E-state index contributed by atoms with van der Waals surface area (Å²) in [4.78, 5) is 5.81. The third-order valence-corrected chi connectivity index (χ3v) is 2.67. The van der Waals surface area contributed by atoms with Crippen LogP contribution in [0.2, 0.25) is 0 Å². The van der Waals surface area contributed by atoms with Crippen LogP contribution in [0.15, 0.2) is 41.7 Å². The molecular weight excluding hydrogens is 248 g/mol. The molecule has 0 spiro atoms. The van der Waals surface area contributed by atoms with Crippen LogP contribution in [0.25, 0.3) is 5.69 Å². The summed E-state index contributed by atoms with van der Waals surface area (Å²) in [6.07, 6.45) is 6.94. The lowest BCUT2D eigenvalue weighted by Crippen LogP contribution is -2.12. The van der Waals surface area contributed by atoms with E-state index >= 15 is 0 Å². The Morgan fingerprint density at radius 2 is 2.00 bits per heavy atom. The summed E-state index contributed by atoms with van der Waals surface area (Å²) in [6.45, 7) is 0. The van der Waals surface area contributed by atoms with Crippen molar-refractivity contribution in [3.63, 3.8) is 0 Å². The number of rotatable bonds is 2. The molecule has 1 N–H and O–H groups in total. The zero-order valence-corrected chi connectivity index (χ0v) is 10.4. The van der Waals surface area contributed by atoms with E-state index in [9.17, 15) is 0 Å². The second-order valence-corrected chi connectivity index (χ2v) is 3.99. The molecule has 90 valence electrons. The summed E-state index contributed by atoms with van der Waals surface area (Å²) < 4.78 is 0. The minimum absolute atomic E-state index is 0.558. The lowest BCUT2D eigenvalue weighted by Gasteiger charge is -2.01. The van der Waals surface area contributed by atoms with Crippen LogP contribution >= 0.6 is 11.8 Å². The number of aromatic nitrogens is 3. The number of aliphatic imine (C=N–C) groups is 1. The van der Waals surface area contributed by atoms with Gasteiger partial charge in [0.25, 0.3) is 0 Å². The van der Waals surface area contributed by atoms with E-state index in [4.69, 9.17) is 5.26 Å². The molecule has 18 heavy (non-hydrogen) atoms. The van der Waals surface area contributed by atoms with Crippen molar-refractivity contribution < 1.29 is 0 Å². The van der Waals surface area contributed by atoms with E-state index < -0.39 is 0 Å². The van der Waals surface area contributed by atoms with Crippen LogP contribution in [0, 0.1) is 11.5 Å². The summed E-state index contributed by atoms with van der Waals surface area (Å²) >= 11 is 1.38. The topological polar surface area (TPSA) is 78.9 Å². The SMILES string of the molecule is CSC(=Nc1ccc(-n2nccn2)cc1)NC#N. The molecule has 6 nitrogen and oxygen atoms in total. The van der Waals surface area contributed by atoms with Crippen LogP contribution in [-0.4, -0.2) is 26.4 Å². The Bertz CT molecular complexity index is 567. The van der Waals surface area contributed by atoms with Crippen molar-refractivity contribution in [2.24, 2.45) is 4.99 Å². The minimum Gasteiger partial charge on any atom is -0.271 e. The number of amidine groups is 1. The molecule has 2 aromatic rings. The van der Waals surface area contributed by atoms with Gasteiger partial charge in [-0.15, -0.1) is 0 Å². The van der Waals surface area contributed by atoms with Crippen LogP contribution in [-0.2, 0) is 0 Å². The summed E-state index contributed by atoms with van der Waals surface area (Å²) in [5.41, 5.74) is 1.62. The van der Waals surface area contributed by atoms with E-state index in [2.05, 4.69) is 20.5 Å². The van der Waals surface area contributed by atoms with Gasteiger partial charge in [-0.05, 0) is 30.5 Å². The highest BCUT2D eigenvalue weighted by atomic mass is 32.2. The molecule has 0 bridgehead atoms. The molecule has 0 unspecified atom stereocenters. The highest BCUT2D eigenvalue weighted by Gasteiger charge is 1.99. The van der Waals surface area contributed by atoms with Crippen LogP contribution in [0.5, 0.6) is 0 Å². The van der Waals surface area contributed by atoms with E-state index in [1.54, 1.807) is 12.4 Å². The smallest absolute Gasteiger partial charge is 0.183 e. The van der Waals surface area contributed by atoms with Gasteiger partial charge in [-0.3, -0.25) is 5.32 Å². The number of hydrogen-bond acceptors (Lipinski definition) is 5. The van der Waals surface area contributed by atoms with Gasteiger partial charge in [-0.2, -0.15) is 20.3 Å². The third kappa shape index (κ3) is 2.87. The summed E-state index contributed by atoms with van der Waals surface area (Å²) in [6, 6.07) is 7.41. The monoisotopic (exact) mass is 258 g/mol. The van der Waals surface area contributed by atoms with E-state index in [0.29, 0.717) is 5.17 Å². The Morgan fingerprint density at radius 1 is 1.33 bits per heavy atom. The van der Waals surface area contributed by atoms with E-state index in [1.165, 1.54) is 16.6 Å². The summed E-state index contributed by atoms with van der Waals surface area (Å²) in [7, 11) is 0. The van der Waals surface area contributed by atoms with Crippen molar-refractivity contribution in [2.75, 3.05) is 6.26 Å². The van der Waals surface area contributed by atoms with Gasteiger partial charge in [0.2, 0.25) is 0 Å². The zero-order valence-electron chi connectivity index (χ0n) is 9.61. The highest BCUT2D eigenvalue weighted by Crippen LogP contribution is 2.16. The molecule has 1 aromatic heterocycles. The second-order valence-electron chi connectivity index (χ2n) is 3.19. The molecule has 7 heteroatoms. The van der Waals surface area contributed by atoms with E-state index in [1.807, 2.05) is 36.7 Å². The van der Waals surface area contributed by atoms with Gasteiger partial charge in [-0.1, -0.05) is 11.8 Å². The number of nitrogens with zero attached hydrogens (tertiary/aromatic N) is 5. The average molecular weight is 258 g/mol. The van der Waals surface area contributed by atoms with Gasteiger partial charge < -0.3 is 0 Å². The zero-order chi connectivity index (χ0) is 12.8. The summed E-state index contributed by atoms with van der Waals surface area (Å²) in [5, 5.41) is 19.7. The number of benzene rings is 1. The van der Waals surface area contributed by atoms with Crippen molar-refractivity contribution in [1.29, 1.82) is 5.26 Å². The molecule has 0 radical (unpaired) electrons. The van der Waals surface area contributed by atoms with Crippen LogP contribution in [0.4, 0.5) is 5.69 Å². The van der Waals surface area contributed by atoms with Gasteiger partial charge >= 0.3 is 0 Å². The van der Waals surface area contributed by atoms with Crippen molar-refractivity contribution in [3.05, 3.63) is 36.7 Å². The molecule has 1 heterocycles. The van der Waals surface area contributed by atoms with Crippen LogP contribution in [0.3, 0.4) is 0 Å². The molecule has 0 fully saturated rings. The van der Waals surface area contributed by atoms with Gasteiger partial charge in [0.1, 0.15) is 0 Å². The van der Waals surface area contributed by atoms with Gasteiger partial charge in [0.05, 0.1) is 23.8 Å². The largest absolute Gasteiger partial charge is 0.271 e. The molecule has 0 aliphatic heterocycles. The number of hydrogen-bond donors (Lipinski definition) is 1. The quantitative estimate of drug-likeness (QED) is 0.384. The Hall–Kier alpha value is -2.33. The fourth-order valence-electron chi connectivity index (χ4n) is 1.30. The number of thioether (sulfide) groups is 1. The van der Waals surface area contributed by atoms with Crippen LogP contribution < -0.4 is 5.32 Å². The molecule has 0 amide bonds. The van der Waals surface area contributed by atoms with Crippen molar-refractivity contribution in [1.82, 2.24) is 20.3 Å². The highest BCUT2D eigenvalue weighted by molar-refractivity contribution is 8.13. The molecule has 0 atom stereocenters. The lowest BCUT2D eigenvalue weighted by atomic mass is 10.3. The second kappa shape index (κ2) is 5.84. The molecule has 0 saturated carbocycles. The average Bonchev–Trinajstić information content (AvgIpc) is 2.93. The van der Waals surface area contributed by atoms with Gasteiger partial charge in [0.15, 0.2) is 11.4 Å². The summed E-state index contributed by atoms with van der Waals surface area (Å²) in [5.74, 6) is 0. The predicted molar refractivity (Wildman–Crippen MR) is 70.7 cm³/mol. The van der Waals surface area contributed by atoms with Gasteiger partial charge in [-0.25, -0.2) is 4.99 Å². The van der Waals surface area contributed by atoms with Gasteiger partial charge in [0, 0.05) is 0 Å². The first kappa shape index (κ1) is 12.1. The number of nitriles is 1. The first-order chi connectivity index (χ1) is 8.83. The number of nitrogens with one attached hydrogen (secondary N) is 1. The predicted octanol–water partition coefficient (Wildman–Crippen LogP) is 1.69. The fourth-order valence-corrected chi connectivity index (χ4v) is 1.64. The van der Waals surface area contributed by atoms with Crippen LogP contribution in [0.1, 0.15) is 0 Å². The Balaban J connectivity index is 2.20. The van der Waals surface area contributed by atoms with E-state index in [0.717, 1.165) is 11.4 Å². The van der Waals surface area contributed by atoms with Crippen molar-refractivity contribution >= 4 is 22.6 Å². The molecule has 1 aromatic carbocycles. The minimum atomic E-state index is 0.558. The fraction of sp³-hybridized carbons (Fsp3) is 0.0909. The Morgan fingerprint density at radius 3 is 2.56 bits per heavy atom. The molecule has 0 aliphatic carbocycles. The van der Waals surface area contributed by atoms with Crippen molar-refractivity contribution in [2.45, 2.75) is 0 Å². The molecular formula is C11H10N6S. The normalized spacial score (nSPS) is 11.0. The maximum atomic E-state index is 8.54. The molecule has 0 saturated heterocycles. The maximum Gasteiger partial charge on any atom is 0.183 e. The first-order valence-corrected chi connectivity index (χ1v) is 6.30. The molecule has 0 aliphatic rings. The Kier molecular flexibility index (Phi) is 3.94. The standard InChI is InChI=1S/C11H10N6S/c1-18-11(13-8-12)16-9-2-4-10(5-3-9)17-14-6-7-15-17/h2-7H,1H3,(H,13,16). The maximum absolute atomic E-state index is 8.54. The first-order valence-electron chi connectivity index (χ1n) is 5.08. The molecule has 2 rings (SSSR count). The third-order valence-electron chi connectivity index (χ3n) is 2.09. The van der Waals surface area contributed by atoms with E-state index in [-0.39, 0.29) is 0 Å². The van der Waals surface area contributed by atoms with Crippen molar-refractivity contribution in [3.8, 4) is 11.9 Å².